The summed E-state index contributed by atoms with van der Waals surface area (Å²) in [7, 11) is 1.57. The zero-order valence-electron chi connectivity index (χ0n) is 18.5. The second kappa shape index (κ2) is 9.57. The SMILES string of the molecule is CCOC(=O)c1c(Cc2ccccc2OC)c(C(=O)c2ccccc2)c2ccccc2c1O. The van der Waals surface area contributed by atoms with E-state index in [0.717, 1.165) is 5.56 Å². The third-order valence-electron chi connectivity index (χ3n) is 5.59. The van der Waals surface area contributed by atoms with Gasteiger partial charge in [-0.05, 0) is 29.5 Å². The van der Waals surface area contributed by atoms with Crippen LogP contribution in [-0.2, 0) is 11.2 Å². The van der Waals surface area contributed by atoms with E-state index in [1.807, 2.05) is 30.3 Å². The van der Waals surface area contributed by atoms with E-state index in [-0.39, 0.29) is 30.1 Å². The average Bonchev–Trinajstić information content (AvgIpc) is 2.85. The molecule has 0 unspecified atom stereocenters. The Morgan fingerprint density at radius 3 is 2.15 bits per heavy atom. The molecule has 0 radical (unpaired) electrons. The molecule has 0 heterocycles. The van der Waals surface area contributed by atoms with Gasteiger partial charge in [0.05, 0.1) is 13.7 Å². The van der Waals surface area contributed by atoms with Crippen LogP contribution in [0.1, 0.15) is 44.3 Å². The molecule has 0 amide bonds. The van der Waals surface area contributed by atoms with Gasteiger partial charge in [0.15, 0.2) is 5.78 Å². The third kappa shape index (κ3) is 4.17. The van der Waals surface area contributed by atoms with Gasteiger partial charge < -0.3 is 14.6 Å². The highest BCUT2D eigenvalue weighted by atomic mass is 16.5. The van der Waals surface area contributed by atoms with Gasteiger partial charge in [-0.3, -0.25) is 4.79 Å². The quantitative estimate of drug-likeness (QED) is 0.301. The Morgan fingerprint density at radius 1 is 0.818 bits per heavy atom. The van der Waals surface area contributed by atoms with E-state index in [0.29, 0.717) is 33.2 Å². The molecule has 0 bridgehead atoms. The summed E-state index contributed by atoms with van der Waals surface area (Å²) in [6.45, 7) is 1.84. The maximum atomic E-state index is 13.8. The third-order valence-corrected chi connectivity index (χ3v) is 5.59. The van der Waals surface area contributed by atoms with Gasteiger partial charge in [0, 0.05) is 22.9 Å². The number of carbonyl (C=O) groups excluding carboxylic acids is 2. The smallest absolute Gasteiger partial charge is 0.342 e. The minimum absolute atomic E-state index is 0.000683. The number of ether oxygens (including phenoxy) is 2. The molecule has 1 N–H and O–H groups in total. The lowest BCUT2D eigenvalue weighted by Gasteiger charge is -2.19. The van der Waals surface area contributed by atoms with Crippen LogP contribution in [0.3, 0.4) is 0 Å². The number of aromatic hydroxyl groups is 1. The number of carbonyl (C=O) groups is 2. The van der Waals surface area contributed by atoms with Crippen LogP contribution in [0, 0.1) is 0 Å². The molecular formula is C28H24O5. The maximum absolute atomic E-state index is 13.8. The minimum atomic E-state index is -0.673. The molecule has 4 aromatic carbocycles. The second-order valence-corrected chi connectivity index (χ2v) is 7.53. The Hall–Kier alpha value is -4.12. The topological polar surface area (TPSA) is 72.8 Å². The van der Waals surface area contributed by atoms with Crippen molar-refractivity contribution in [1.29, 1.82) is 0 Å². The number of hydrogen-bond acceptors (Lipinski definition) is 5. The molecule has 166 valence electrons. The summed E-state index contributed by atoms with van der Waals surface area (Å²) >= 11 is 0. The summed E-state index contributed by atoms with van der Waals surface area (Å²) < 4.78 is 10.8. The zero-order valence-corrected chi connectivity index (χ0v) is 18.5. The molecule has 0 aromatic heterocycles. The standard InChI is InChI=1S/C28H24O5/c1-3-33-28(31)25-22(17-19-13-7-10-16-23(19)32-2)24(26(29)18-11-5-4-6-12-18)20-14-8-9-15-21(20)27(25)30/h4-16,30H,3,17H2,1-2H3. The van der Waals surface area contributed by atoms with E-state index >= 15 is 0 Å². The predicted octanol–water partition coefficient (Wildman–Crippen LogP) is 5.55. The van der Waals surface area contributed by atoms with Crippen LogP contribution in [-0.4, -0.2) is 30.6 Å². The normalized spacial score (nSPS) is 10.7. The zero-order chi connectivity index (χ0) is 23.4. The molecule has 4 aromatic rings. The highest BCUT2D eigenvalue weighted by Crippen LogP contribution is 2.39. The van der Waals surface area contributed by atoms with Gasteiger partial charge in [-0.2, -0.15) is 0 Å². The van der Waals surface area contributed by atoms with Crippen molar-refractivity contribution in [1.82, 2.24) is 0 Å². The fourth-order valence-electron chi connectivity index (χ4n) is 4.11. The van der Waals surface area contributed by atoms with Gasteiger partial charge in [0.1, 0.15) is 17.1 Å². The van der Waals surface area contributed by atoms with Gasteiger partial charge in [-0.1, -0.05) is 72.8 Å². The Morgan fingerprint density at radius 2 is 1.45 bits per heavy atom. The first-order chi connectivity index (χ1) is 16.1. The van der Waals surface area contributed by atoms with E-state index in [4.69, 9.17) is 9.47 Å². The number of benzene rings is 4. The number of phenolic OH excluding ortho intramolecular Hbond substituents is 1. The number of fused-ring (bicyclic) bond motifs is 1. The number of esters is 1. The lowest BCUT2D eigenvalue weighted by molar-refractivity contribution is 0.0522. The van der Waals surface area contributed by atoms with Crippen LogP contribution in [0.4, 0.5) is 0 Å². The number of hydrogen-bond donors (Lipinski definition) is 1. The molecule has 0 saturated heterocycles. The van der Waals surface area contributed by atoms with Crippen molar-refractivity contribution in [3.05, 3.63) is 107 Å². The van der Waals surface area contributed by atoms with Crippen LogP contribution < -0.4 is 4.74 Å². The molecule has 0 atom stereocenters. The van der Waals surface area contributed by atoms with E-state index in [2.05, 4.69) is 0 Å². The van der Waals surface area contributed by atoms with Crippen molar-refractivity contribution in [2.24, 2.45) is 0 Å². The highest BCUT2D eigenvalue weighted by Gasteiger charge is 2.29. The molecule has 5 nitrogen and oxygen atoms in total. The van der Waals surface area contributed by atoms with Crippen molar-refractivity contribution in [2.45, 2.75) is 13.3 Å². The fourth-order valence-corrected chi connectivity index (χ4v) is 4.11. The molecule has 0 aliphatic carbocycles. The summed E-state index contributed by atoms with van der Waals surface area (Å²) in [6.07, 6.45) is 0.199. The first kappa shape index (κ1) is 22.1. The van der Waals surface area contributed by atoms with Gasteiger partial charge >= 0.3 is 5.97 Å². The lowest BCUT2D eigenvalue weighted by atomic mass is 9.85. The summed E-state index contributed by atoms with van der Waals surface area (Å²) in [5, 5.41) is 12.2. The average molecular weight is 440 g/mol. The van der Waals surface area contributed by atoms with E-state index in [1.165, 1.54) is 0 Å². The summed E-state index contributed by atoms with van der Waals surface area (Å²) in [6, 6.07) is 23.3. The number of ketones is 1. The molecule has 0 aliphatic heterocycles. The van der Waals surface area contributed by atoms with Crippen LogP contribution in [0.5, 0.6) is 11.5 Å². The molecule has 0 aliphatic rings. The van der Waals surface area contributed by atoms with E-state index in [9.17, 15) is 14.7 Å². The van der Waals surface area contributed by atoms with Crippen molar-refractivity contribution < 1.29 is 24.2 Å². The predicted molar refractivity (Wildman–Crippen MR) is 127 cm³/mol. The van der Waals surface area contributed by atoms with Crippen molar-refractivity contribution >= 4 is 22.5 Å². The summed E-state index contributed by atoms with van der Waals surface area (Å²) in [5.41, 5.74) is 2.04. The Bertz CT molecular complexity index is 1330. The molecular weight excluding hydrogens is 416 g/mol. The van der Waals surface area contributed by atoms with Crippen molar-refractivity contribution in [2.75, 3.05) is 13.7 Å². The lowest BCUT2D eigenvalue weighted by Crippen LogP contribution is -2.15. The van der Waals surface area contributed by atoms with Crippen LogP contribution >= 0.6 is 0 Å². The Balaban J connectivity index is 2.08. The molecule has 0 spiro atoms. The maximum Gasteiger partial charge on any atom is 0.342 e. The van der Waals surface area contributed by atoms with Crippen LogP contribution in [0.15, 0.2) is 78.9 Å². The van der Waals surface area contributed by atoms with Crippen molar-refractivity contribution in [3.8, 4) is 11.5 Å². The number of rotatable bonds is 7. The number of phenols is 1. The monoisotopic (exact) mass is 440 g/mol. The van der Waals surface area contributed by atoms with Gasteiger partial charge in [0.25, 0.3) is 0 Å². The second-order valence-electron chi connectivity index (χ2n) is 7.53. The minimum Gasteiger partial charge on any atom is -0.506 e. The van der Waals surface area contributed by atoms with E-state index < -0.39 is 5.97 Å². The van der Waals surface area contributed by atoms with Crippen molar-refractivity contribution in [3.63, 3.8) is 0 Å². The van der Waals surface area contributed by atoms with Gasteiger partial charge in [-0.15, -0.1) is 0 Å². The summed E-state index contributed by atoms with van der Waals surface area (Å²) in [5.74, 6) is -0.480. The molecule has 33 heavy (non-hydrogen) atoms. The van der Waals surface area contributed by atoms with E-state index in [1.54, 1.807) is 62.6 Å². The molecule has 4 rings (SSSR count). The first-order valence-corrected chi connectivity index (χ1v) is 10.7. The largest absolute Gasteiger partial charge is 0.506 e. The van der Waals surface area contributed by atoms with Gasteiger partial charge in [-0.25, -0.2) is 4.79 Å². The number of methoxy groups -OCH3 is 1. The Labute approximate surface area is 192 Å². The first-order valence-electron chi connectivity index (χ1n) is 10.7. The molecule has 0 fully saturated rings. The fraction of sp³-hybridized carbons (Fsp3) is 0.143. The van der Waals surface area contributed by atoms with Crippen LogP contribution in [0.25, 0.3) is 10.8 Å². The highest BCUT2D eigenvalue weighted by molar-refractivity contribution is 6.20. The number of para-hydroxylation sites is 1. The Kier molecular flexibility index (Phi) is 6.41. The molecule has 5 heteroatoms. The van der Waals surface area contributed by atoms with Crippen LogP contribution in [0.2, 0.25) is 0 Å². The molecule has 0 saturated carbocycles. The summed E-state index contributed by atoms with van der Waals surface area (Å²) in [4.78, 5) is 26.9. The van der Waals surface area contributed by atoms with Gasteiger partial charge in [0.2, 0.25) is 0 Å².